The molecule has 0 saturated heterocycles. The second-order valence-electron chi connectivity index (χ2n) is 2.05. The molecule has 0 saturated carbocycles. The monoisotopic (exact) mass is 175 g/mol. The molecule has 1 heterocycles. The molecule has 0 aliphatic rings. The Balaban J connectivity index is 2.27. The van der Waals surface area contributed by atoms with Crippen molar-refractivity contribution in [3.05, 3.63) is 17.4 Å². The molecular weight excluding hydrogens is 166 g/mol. The van der Waals surface area contributed by atoms with E-state index in [-0.39, 0.29) is 0 Å². The Morgan fingerprint density at radius 1 is 1.55 bits per heavy atom. The molecule has 4 heteroatoms. The first-order chi connectivity index (χ1) is 5.33. The molecule has 11 heavy (non-hydrogen) atoms. The van der Waals surface area contributed by atoms with E-state index in [4.69, 9.17) is 26.5 Å². The Bertz CT molecular complexity index is 212. The molecule has 62 valence electrons. The van der Waals surface area contributed by atoms with Gasteiger partial charge in [0.25, 0.3) is 5.95 Å². The molecule has 1 rings (SSSR count). The van der Waals surface area contributed by atoms with Gasteiger partial charge in [-0.1, -0.05) is 0 Å². The van der Waals surface area contributed by atoms with Crippen LogP contribution < -0.4 is 10.5 Å². The molecule has 0 bridgehead atoms. The van der Waals surface area contributed by atoms with E-state index in [0.29, 0.717) is 24.3 Å². The number of rotatable bonds is 4. The highest BCUT2D eigenvalue weighted by atomic mass is 35.5. The maximum atomic E-state index is 5.50. The topological polar surface area (TPSA) is 48.4 Å². The number of ether oxygens (including phenoxy) is 1. The average molecular weight is 176 g/mol. The lowest BCUT2D eigenvalue weighted by atomic mass is 10.5. The number of hydrogen-bond acceptors (Lipinski definition) is 3. The summed E-state index contributed by atoms with van der Waals surface area (Å²) in [6.07, 6.45) is 0.818. The predicted molar refractivity (Wildman–Crippen MR) is 42.9 cm³/mol. The smallest absolute Gasteiger partial charge is 0.285 e. The van der Waals surface area contributed by atoms with Crippen LogP contribution in [0.3, 0.4) is 0 Å². The highest BCUT2D eigenvalue weighted by Crippen LogP contribution is 2.19. The van der Waals surface area contributed by atoms with Crippen LogP contribution in [-0.2, 0) is 0 Å². The Hall–Kier alpha value is -0.670. The first-order valence-electron chi connectivity index (χ1n) is 3.41. The molecular formula is C7H10ClNO2. The third kappa shape index (κ3) is 2.82. The van der Waals surface area contributed by atoms with Crippen molar-refractivity contribution in [3.63, 3.8) is 0 Å². The lowest BCUT2D eigenvalue weighted by Crippen LogP contribution is -2.05. The van der Waals surface area contributed by atoms with Crippen molar-refractivity contribution < 1.29 is 9.15 Å². The molecule has 0 spiro atoms. The fourth-order valence-corrected chi connectivity index (χ4v) is 0.770. The van der Waals surface area contributed by atoms with Crippen LogP contribution in [0.15, 0.2) is 16.5 Å². The van der Waals surface area contributed by atoms with Gasteiger partial charge < -0.3 is 14.9 Å². The predicted octanol–water partition coefficient (Wildman–Crippen LogP) is 1.66. The Morgan fingerprint density at radius 3 is 2.91 bits per heavy atom. The third-order valence-electron chi connectivity index (χ3n) is 1.14. The van der Waals surface area contributed by atoms with Crippen LogP contribution in [0.4, 0.5) is 0 Å². The van der Waals surface area contributed by atoms with Gasteiger partial charge in [-0.2, -0.15) is 0 Å². The fraction of sp³-hybridized carbons (Fsp3) is 0.429. The molecule has 0 aliphatic heterocycles. The third-order valence-corrected chi connectivity index (χ3v) is 1.34. The summed E-state index contributed by atoms with van der Waals surface area (Å²) in [6.45, 7) is 1.19. The minimum absolute atomic E-state index is 0.341. The molecule has 0 amide bonds. The summed E-state index contributed by atoms with van der Waals surface area (Å²) in [5, 5.41) is 0.341. The van der Waals surface area contributed by atoms with E-state index in [1.54, 1.807) is 12.1 Å². The van der Waals surface area contributed by atoms with E-state index in [2.05, 4.69) is 0 Å². The van der Waals surface area contributed by atoms with Gasteiger partial charge in [0.2, 0.25) is 0 Å². The summed E-state index contributed by atoms with van der Waals surface area (Å²) in [5.41, 5.74) is 5.26. The minimum atomic E-state index is 0.341. The van der Waals surface area contributed by atoms with E-state index < -0.39 is 0 Å². The van der Waals surface area contributed by atoms with Gasteiger partial charge in [-0.25, -0.2) is 0 Å². The summed E-state index contributed by atoms with van der Waals surface area (Å²) >= 11 is 5.50. The largest absolute Gasteiger partial charge is 0.465 e. The molecule has 0 aliphatic carbocycles. The van der Waals surface area contributed by atoms with Gasteiger partial charge in [0.05, 0.1) is 6.61 Å². The minimum Gasteiger partial charge on any atom is -0.465 e. The van der Waals surface area contributed by atoms with Gasteiger partial charge in [-0.3, -0.25) is 0 Å². The Morgan fingerprint density at radius 2 is 2.36 bits per heavy atom. The van der Waals surface area contributed by atoms with E-state index in [1.807, 2.05) is 0 Å². The van der Waals surface area contributed by atoms with Gasteiger partial charge in [0.15, 0.2) is 5.22 Å². The highest BCUT2D eigenvalue weighted by Gasteiger charge is 1.98. The van der Waals surface area contributed by atoms with Crippen molar-refractivity contribution >= 4 is 11.6 Å². The van der Waals surface area contributed by atoms with Crippen LogP contribution in [0.2, 0.25) is 5.22 Å². The molecule has 0 aromatic carbocycles. The van der Waals surface area contributed by atoms with Crippen molar-refractivity contribution in [2.24, 2.45) is 5.73 Å². The number of hydrogen-bond donors (Lipinski definition) is 1. The van der Waals surface area contributed by atoms with Crippen molar-refractivity contribution in [1.82, 2.24) is 0 Å². The maximum Gasteiger partial charge on any atom is 0.285 e. The van der Waals surface area contributed by atoms with Crippen LogP contribution in [0, 0.1) is 0 Å². The second-order valence-corrected chi connectivity index (χ2v) is 2.42. The zero-order valence-corrected chi connectivity index (χ0v) is 6.80. The summed E-state index contributed by atoms with van der Waals surface area (Å²) < 4.78 is 10.1. The van der Waals surface area contributed by atoms with Crippen LogP contribution in [-0.4, -0.2) is 13.2 Å². The molecule has 0 unspecified atom stereocenters. The molecule has 0 atom stereocenters. The molecule has 0 radical (unpaired) electrons. The van der Waals surface area contributed by atoms with Crippen molar-refractivity contribution in [2.75, 3.05) is 13.2 Å². The van der Waals surface area contributed by atoms with Crippen molar-refractivity contribution in [3.8, 4) is 5.95 Å². The van der Waals surface area contributed by atoms with E-state index >= 15 is 0 Å². The average Bonchev–Trinajstić information content (AvgIpc) is 2.37. The van der Waals surface area contributed by atoms with Crippen molar-refractivity contribution in [1.29, 1.82) is 0 Å². The number of nitrogens with two attached hydrogens (primary N) is 1. The first-order valence-corrected chi connectivity index (χ1v) is 3.79. The zero-order chi connectivity index (χ0) is 8.10. The van der Waals surface area contributed by atoms with Gasteiger partial charge in [0, 0.05) is 12.1 Å². The quantitative estimate of drug-likeness (QED) is 0.709. The lowest BCUT2D eigenvalue weighted by molar-refractivity contribution is 0.241. The molecule has 3 nitrogen and oxygen atoms in total. The maximum absolute atomic E-state index is 5.50. The van der Waals surface area contributed by atoms with E-state index in [1.165, 1.54) is 0 Å². The van der Waals surface area contributed by atoms with Crippen molar-refractivity contribution in [2.45, 2.75) is 6.42 Å². The second kappa shape index (κ2) is 4.26. The number of halogens is 1. The van der Waals surface area contributed by atoms with Crippen LogP contribution in [0.1, 0.15) is 6.42 Å². The SMILES string of the molecule is NCCCOc1ccc(Cl)o1. The van der Waals surface area contributed by atoms with E-state index in [9.17, 15) is 0 Å². The van der Waals surface area contributed by atoms with Crippen LogP contribution in [0.25, 0.3) is 0 Å². The first kappa shape index (κ1) is 8.43. The van der Waals surface area contributed by atoms with Gasteiger partial charge >= 0.3 is 0 Å². The van der Waals surface area contributed by atoms with Crippen LogP contribution in [0.5, 0.6) is 5.95 Å². The molecule has 0 fully saturated rings. The lowest BCUT2D eigenvalue weighted by Gasteiger charge is -1.98. The molecule has 1 aromatic rings. The van der Waals surface area contributed by atoms with Gasteiger partial charge in [-0.15, -0.1) is 0 Å². The standard InChI is InChI=1S/C7H10ClNO2/c8-6-2-3-7(11-6)10-5-1-4-9/h2-3H,1,4-5,9H2. The Labute approximate surface area is 70.1 Å². The normalized spacial score (nSPS) is 10.0. The summed E-state index contributed by atoms with van der Waals surface area (Å²) in [7, 11) is 0. The van der Waals surface area contributed by atoms with Gasteiger partial charge in [-0.05, 0) is 24.6 Å². The highest BCUT2D eigenvalue weighted by molar-refractivity contribution is 6.28. The zero-order valence-electron chi connectivity index (χ0n) is 6.05. The summed E-state index contributed by atoms with van der Waals surface area (Å²) in [6, 6.07) is 3.32. The molecule has 1 aromatic heterocycles. The van der Waals surface area contributed by atoms with Gasteiger partial charge in [0.1, 0.15) is 0 Å². The van der Waals surface area contributed by atoms with E-state index in [0.717, 1.165) is 6.42 Å². The Kier molecular flexibility index (Phi) is 3.26. The molecule has 2 N–H and O–H groups in total. The summed E-state index contributed by atoms with van der Waals surface area (Å²) in [4.78, 5) is 0. The fourth-order valence-electron chi connectivity index (χ4n) is 0.631. The number of furan rings is 1. The summed E-state index contributed by atoms with van der Waals surface area (Å²) in [5.74, 6) is 0.448. The van der Waals surface area contributed by atoms with Crippen LogP contribution >= 0.6 is 11.6 Å².